The molecule has 0 saturated heterocycles. The Balaban J connectivity index is 2.77. The highest BCUT2D eigenvalue weighted by molar-refractivity contribution is 9.10. The first-order valence-corrected chi connectivity index (χ1v) is 5.20. The van der Waals surface area contributed by atoms with Crippen LogP contribution in [0.3, 0.4) is 0 Å². The Labute approximate surface area is 99.6 Å². The van der Waals surface area contributed by atoms with Gasteiger partial charge >= 0.3 is 5.97 Å². The summed E-state index contributed by atoms with van der Waals surface area (Å²) in [4.78, 5) is 21.8. The van der Waals surface area contributed by atoms with E-state index in [9.17, 15) is 14.0 Å². The number of carbonyl (C=O) groups is 2. The van der Waals surface area contributed by atoms with E-state index in [1.807, 2.05) is 0 Å². The van der Waals surface area contributed by atoms with Gasteiger partial charge in [0.2, 0.25) is 5.91 Å². The molecule has 0 aliphatic heterocycles. The number of hydrogen-bond acceptors (Lipinski definition) is 2. The molecule has 2 N–H and O–H groups in total. The van der Waals surface area contributed by atoms with Crippen LogP contribution in [0, 0.1) is 11.7 Å². The largest absolute Gasteiger partial charge is 0.481 e. The van der Waals surface area contributed by atoms with E-state index < -0.39 is 23.6 Å². The van der Waals surface area contributed by atoms with Gasteiger partial charge in [-0.3, -0.25) is 9.59 Å². The van der Waals surface area contributed by atoms with Crippen molar-refractivity contribution in [3.63, 3.8) is 0 Å². The van der Waals surface area contributed by atoms with Crippen molar-refractivity contribution in [2.75, 3.05) is 5.32 Å². The topological polar surface area (TPSA) is 66.4 Å². The highest BCUT2D eigenvalue weighted by Gasteiger charge is 2.20. The molecule has 0 radical (unpaired) electrons. The summed E-state index contributed by atoms with van der Waals surface area (Å²) in [5.41, 5.74) is 0.221. The van der Waals surface area contributed by atoms with Crippen molar-refractivity contribution >= 4 is 33.5 Å². The molecule has 1 aromatic rings. The zero-order chi connectivity index (χ0) is 12.3. The van der Waals surface area contributed by atoms with Crippen LogP contribution in [0.5, 0.6) is 0 Å². The first kappa shape index (κ1) is 12.6. The first-order valence-electron chi connectivity index (χ1n) is 4.40. The summed E-state index contributed by atoms with van der Waals surface area (Å²) in [6, 6.07) is 4.01. The maximum Gasteiger partial charge on any atom is 0.315 e. The fourth-order valence-corrected chi connectivity index (χ4v) is 1.18. The van der Waals surface area contributed by atoms with E-state index in [-0.39, 0.29) is 10.2 Å². The van der Waals surface area contributed by atoms with E-state index in [1.54, 1.807) is 0 Å². The summed E-state index contributed by atoms with van der Waals surface area (Å²) < 4.78 is 13.3. The summed E-state index contributed by atoms with van der Waals surface area (Å²) in [5, 5.41) is 10.9. The molecule has 16 heavy (non-hydrogen) atoms. The zero-order valence-electron chi connectivity index (χ0n) is 8.33. The normalized spacial score (nSPS) is 11.9. The summed E-state index contributed by atoms with van der Waals surface area (Å²) in [5.74, 6) is -3.61. The lowest BCUT2D eigenvalue weighted by molar-refractivity contribution is -0.144. The molecule has 0 aliphatic carbocycles. The maximum atomic E-state index is 13.1. The van der Waals surface area contributed by atoms with Gasteiger partial charge < -0.3 is 10.4 Å². The molecular weight excluding hydrogens is 281 g/mol. The first-order chi connectivity index (χ1) is 7.41. The van der Waals surface area contributed by atoms with E-state index >= 15 is 0 Å². The van der Waals surface area contributed by atoms with Crippen LogP contribution in [-0.2, 0) is 9.59 Å². The number of anilines is 1. The number of aliphatic carboxylic acids is 1. The number of carboxylic acid groups (broad SMARTS) is 1. The van der Waals surface area contributed by atoms with Gasteiger partial charge in [-0.15, -0.1) is 0 Å². The van der Waals surface area contributed by atoms with Gasteiger partial charge in [0, 0.05) is 5.69 Å². The molecule has 1 unspecified atom stereocenters. The van der Waals surface area contributed by atoms with Crippen LogP contribution in [0.25, 0.3) is 0 Å². The van der Waals surface area contributed by atoms with Gasteiger partial charge in [-0.05, 0) is 41.1 Å². The Morgan fingerprint density at radius 3 is 2.62 bits per heavy atom. The average molecular weight is 290 g/mol. The SMILES string of the molecule is CC(C(=O)O)C(=O)Nc1ccc(Br)c(F)c1. The molecule has 0 saturated carbocycles. The standard InChI is InChI=1S/C10H9BrFNO3/c1-5(10(15)16)9(14)13-6-2-3-7(11)8(12)4-6/h2-5H,1H3,(H,13,14)(H,15,16). The van der Waals surface area contributed by atoms with Gasteiger partial charge in [-0.2, -0.15) is 0 Å². The van der Waals surface area contributed by atoms with Crippen molar-refractivity contribution in [1.29, 1.82) is 0 Å². The smallest absolute Gasteiger partial charge is 0.315 e. The minimum Gasteiger partial charge on any atom is -0.481 e. The van der Waals surface area contributed by atoms with Crippen LogP contribution >= 0.6 is 15.9 Å². The molecule has 0 aliphatic rings. The average Bonchev–Trinajstić information content (AvgIpc) is 2.22. The molecule has 0 aromatic heterocycles. The van der Waals surface area contributed by atoms with Gasteiger partial charge in [0.1, 0.15) is 11.7 Å². The number of benzene rings is 1. The molecule has 1 atom stereocenters. The number of rotatable bonds is 3. The lowest BCUT2D eigenvalue weighted by atomic mass is 10.1. The van der Waals surface area contributed by atoms with Gasteiger partial charge in [-0.25, -0.2) is 4.39 Å². The van der Waals surface area contributed by atoms with Crippen LogP contribution < -0.4 is 5.32 Å². The third-order valence-corrected chi connectivity index (χ3v) is 2.59. The molecule has 6 heteroatoms. The summed E-state index contributed by atoms with van der Waals surface area (Å²) in [7, 11) is 0. The molecule has 0 fully saturated rings. The molecule has 1 amide bonds. The predicted molar refractivity (Wildman–Crippen MR) is 59.5 cm³/mol. The van der Waals surface area contributed by atoms with Crippen molar-refractivity contribution in [3.05, 3.63) is 28.5 Å². The van der Waals surface area contributed by atoms with Crippen molar-refractivity contribution < 1.29 is 19.1 Å². The summed E-state index contributed by atoms with van der Waals surface area (Å²) in [6.07, 6.45) is 0. The minimum absolute atomic E-state index is 0.221. The van der Waals surface area contributed by atoms with Crippen LogP contribution in [0.4, 0.5) is 10.1 Å². The number of hydrogen-bond donors (Lipinski definition) is 2. The van der Waals surface area contributed by atoms with E-state index in [2.05, 4.69) is 21.2 Å². The Hall–Kier alpha value is -1.43. The third kappa shape index (κ3) is 3.03. The molecule has 1 rings (SSSR count). The quantitative estimate of drug-likeness (QED) is 0.839. The van der Waals surface area contributed by atoms with Crippen LogP contribution in [0.15, 0.2) is 22.7 Å². The zero-order valence-corrected chi connectivity index (χ0v) is 9.92. The third-order valence-electron chi connectivity index (χ3n) is 1.95. The molecule has 0 heterocycles. The Kier molecular flexibility index (Phi) is 4.00. The second-order valence-electron chi connectivity index (χ2n) is 3.18. The lowest BCUT2D eigenvalue weighted by Gasteiger charge is -2.08. The van der Waals surface area contributed by atoms with Gasteiger partial charge in [-0.1, -0.05) is 0 Å². The van der Waals surface area contributed by atoms with Crippen LogP contribution in [-0.4, -0.2) is 17.0 Å². The van der Waals surface area contributed by atoms with Gasteiger partial charge in [0.05, 0.1) is 4.47 Å². The summed E-state index contributed by atoms with van der Waals surface area (Å²) in [6.45, 7) is 1.26. The Morgan fingerprint density at radius 2 is 2.12 bits per heavy atom. The molecular formula is C10H9BrFNO3. The fourth-order valence-electron chi connectivity index (χ4n) is 0.937. The van der Waals surface area contributed by atoms with E-state index in [1.165, 1.54) is 19.1 Å². The molecule has 0 bridgehead atoms. The Bertz CT molecular complexity index is 436. The molecule has 4 nitrogen and oxygen atoms in total. The van der Waals surface area contributed by atoms with Crippen molar-refractivity contribution in [2.24, 2.45) is 5.92 Å². The monoisotopic (exact) mass is 289 g/mol. The van der Waals surface area contributed by atoms with Gasteiger partial charge in [0.15, 0.2) is 0 Å². The second kappa shape index (κ2) is 5.07. The highest BCUT2D eigenvalue weighted by Crippen LogP contribution is 2.19. The van der Waals surface area contributed by atoms with Crippen molar-refractivity contribution in [1.82, 2.24) is 0 Å². The van der Waals surface area contributed by atoms with Crippen molar-refractivity contribution in [2.45, 2.75) is 6.92 Å². The number of nitrogens with one attached hydrogen (secondary N) is 1. The highest BCUT2D eigenvalue weighted by atomic mass is 79.9. The number of carbonyl (C=O) groups excluding carboxylic acids is 1. The van der Waals surface area contributed by atoms with Crippen molar-refractivity contribution in [3.8, 4) is 0 Å². The van der Waals surface area contributed by atoms with Gasteiger partial charge in [0.25, 0.3) is 0 Å². The van der Waals surface area contributed by atoms with Crippen LogP contribution in [0.2, 0.25) is 0 Å². The molecule has 86 valence electrons. The van der Waals surface area contributed by atoms with Crippen LogP contribution in [0.1, 0.15) is 6.92 Å². The minimum atomic E-state index is -1.23. The summed E-state index contributed by atoms with van der Waals surface area (Å²) >= 11 is 2.97. The number of amides is 1. The fraction of sp³-hybridized carbons (Fsp3) is 0.200. The maximum absolute atomic E-state index is 13.1. The van der Waals surface area contributed by atoms with E-state index in [0.717, 1.165) is 6.07 Å². The van der Waals surface area contributed by atoms with E-state index in [0.29, 0.717) is 0 Å². The number of carboxylic acids is 1. The Morgan fingerprint density at radius 1 is 1.50 bits per heavy atom. The number of halogens is 2. The lowest BCUT2D eigenvalue weighted by Crippen LogP contribution is -2.26. The molecule has 1 aromatic carbocycles. The second-order valence-corrected chi connectivity index (χ2v) is 4.03. The van der Waals surface area contributed by atoms with E-state index in [4.69, 9.17) is 5.11 Å². The predicted octanol–water partition coefficient (Wildman–Crippen LogP) is 2.25. The molecule has 0 spiro atoms.